The van der Waals surface area contributed by atoms with Gasteiger partial charge in [0.15, 0.2) is 0 Å². The summed E-state index contributed by atoms with van der Waals surface area (Å²) in [7, 11) is 1.65. The van der Waals surface area contributed by atoms with Gasteiger partial charge in [0.1, 0.15) is 5.78 Å². The summed E-state index contributed by atoms with van der Waals surface area (Å²) >= 11 is 0. The zero-order valence-electron chi connectivity index (χ0n) is 16.1. The highest BCUT2D eigenvalue weighted by Crippen LogP contribution is 2.38. The third-order valence-electron chi connectivity index (χ3n) is 4.08. The van der Waals surface area contributed by atoms with Crippen molar-refractivity contribution in [2.75, 3.05) is 7.05 Å². The van der Waals surface area contributed by atoms with Gasteiger partial charge in [-0.15, -0.1) is 0 Å². The molecule has 0 radical (unpaired) electrons. The fraction of sp³-hybridized carbons (Fsp3) is 0.889. The molecule has 0 fully saturated rings. The van der Waals surface area contributed by atoms with Crippen molar-refractivity contribution < 1.29 is 14.3 Å². The number of Topliss-reactive ketones (excluding diaryl/α,β-unsaturated/α-hetero) is 1. The second kappa shape index (κ2) is 6.69. The summed E-state index contributed by atoms with van der Waals surface area (Å²) in [6.07, 6.45) is 1.24. The topological polar surface area (TPSA) is 55.4 Å². The Bertz CT molecular complexity index is 420. The highest BCUT2D eigenvalue weighted by molar-refractivity contribution is 5.82. The maximum absolute atomic E-state index is 12.0. The maximum atomic E-state index is 12.0. The molecule has 0 aliphatic heterocycles. The Hall–Kier alpha value is -0.900. The molecule has 0 aromatic carbocycles. The van der Waals surface area contributed by atoms with Crippen LogP contribution in [0.2, 0.25) is 0 Å². The highest BCUT2D eigenvalue weighted by atomic mass is 16.5. The van der Waals surface area contributed by atoms with E-state index in [9.17, 15) is 9.59 Å². The molecule has 130 valence electrons. The first kappa shape index (κ1) is 21.1. The molecule has 0 saturated heterocycles. The van der Waals surface area contributed by atoms with Crippen molar-refractivity contribution in [2.45, 2.75) is 86.4 Å². The molecule has 0 aliphatic rings. The maximum Gasteiger partial charge on any atom is 0.225 e. The second-order valence-electron chi connectivity index (χ2n) is 8.88. The second-order valence-corrected chi connectivity index (χ2v) is 8.88. The fourth-order valence-corrected chi connectivity index (χ4v) is 3.49. The molecular weight excluding hydrogens is 278 g/mol. The Labute approximate surface area is 136 Å². The van der Waals surface area contributed by atoms with Crippen molar-refractivity contribution >= 4 is 11.7 Å². The van der Waals surface area contributed by atoms with Crippen LogP contribution in [0, 0.1) is 10.8 Å². The molecule has 0 bridgehead atoms. The molecule has 0 atom stereocenters. The lowest BCUT2D eigenvalue weighted by atomic mass is 9.77. The lowest BCUT2D eigenvalue weighted by Gasteiger charge is -2.42. The average molecular weight is 313 g/mol. The number of rotatable bonds is 8. The summed E-state index contributed by atoms with van der Waals surface area (Å²) in [4.78, 5) is 23.7. The molecule has 0 spiro atoms. The summed E-state index contributed by atoms with van der Waals surface area (Å²) < 4.78 is 6.31. The van der Waals surface area contributed by atoms with Crippen LogP contribution in [0.1, 0.15) is 75.2 Å². The van der Waals surface area contributed by atoms with Crippen molar-refractivity contribution in [2.24, 2.45) is 10.8 Å². The summed E-state index contributed by atoms with van der Waals surface area (Å²) in [6, 6.07) is 0. The van der Waals surface area contributed by atoms with Gasteiger partial charge in [0.25, 0.3) is 0 Å². The molecule has 22 heavy (non-hydrogen) atoms. The Morgan fingerprint density at radius 3 is 1.50 bits per heavy atom. The zero-order chi connectivity index (χ0) is 18.0. The van der Waals surface area contributed by atoms with Gasteiger partial charge >= 0.3 is 0 Å². The molecule has 0 heterocycles. The van der Waals surface area contributed by atoms with Crippen LogP contribution in [0.5, 0.6) is 0 Å². The minimum Gasteiger partial charge on any atom is -0.370 e. The number of hydrogen-bond acceptors (Lipinski definition) is 3. The molecule has 0 aliphatic carbocycles. The third kappa shape index (κ3) is 6.47. The van der Waals surface area contributed by atoms with Crippen molar-refractivity contribution in [3.8, 4) is 0 Å². The first-order valence-electron chi connectivity index (χ1n) is 7.98. The predicted octanol–water partition coefficient (Wildman–Crippen LogP) is 3.73. The van der Waals surface area contributed by atoms with Crippen molar-refractivity contribution in [3.63, 3.8) is 0 Å². The van der Waals surface area contributed by atoms with Crippen molar-refractivity contribution in [1.29, 1.82) is 0 Å². The molecular formula is C18H35NO3. The standard InChI is InChI=1S/C18H35NO3/c1-13(20)15(2,3)11-17(6,7)22-18(8,9)12-16(4,5)14(21)19-10/h11-12H2,1-10H3,(H,19,21). The quantitative estimate of drug-likeness (QED) is 0.743. The smallest absolute Gasteiger partial charge is 0.225 e. The highest BCUT2D eigenvalue weighted by Gasteiger charge is 2.40. The number of ketones is 1. The number of amides is 1. The van der Waals surface area contributed by atoms with Crippen LogP contribution in [-0.4, -0.2) is 29.9 Å². The molecule has 0 rings (SSSR count). The normalized spacial score (nSPS) is 13.9. The Balaban J connectivity index is 5.03. The minimum absolute atomic E-state index is 0.00560. The molecule has 0 saturated carbocycles. The number of carbonyl (C=O) groups excluding carboxylic acids is 2. The van der Waals surface area contributed by atoms with Crippen LogP contribution in [-0.2, 0) is 14.3 Å². The molecule has 0 aromatic rings. The average Bonchev–Trinajstić information content (AvgIpc) is 2.22. The van der Waals surface area contributed by atoms with Gasteiger partial charge < -0.3 is 10.1 Å². The fourth-order valence-electron chi connectivity index (χ4n) is 3.49. The van der Waals surface area contributed by atoms with Gasteiger partial charge in [-0.3, -0.25) is 9.59 Å². The molecule has 1 amide bonds. The van der Waals surface area contributed by atoms with E-state index in [1.165, 1.54) is 0 Å². The van der Waals surface area contributed by atoms with Gasteiger partial charge in [0, 0.05) is 17.9 Å². The van der Waals surface area contributed by atoms with E-state index in [0.29, 0.717) is 12.8 Å². The predicted molar refractivity (Wildman–Crippen MR) is 90.8 cm³/mol. The van der Waals surface area contributed by atoms with E-state index in [2.05, 4.69) is 5.32 Å². The number of ether oxygens (including phenoxy) is 1. The Kier molecular flexibility index (Phi) is 6.42. The number of carbonyl (C=O) groups is 2. The Morgan fingerprint density at radius 1 is 0.818 bits per heavy atom. The third-order valence-corrected chi connectivity index (χ3v) is 4.08. The zero-order valence-corrected chi connectivity index (χ0v) is 16.1. The van der Waals surface area contributed by atoms with E-state index in [1.54, 1.807) is 14.0 Å². The van der Waals surface area contributed by atoms with Gasteiger partial charge in [-0.1, -0.05) is 27.7 Å². The van der Waals surface area contributed by atoms with E-state index in [4.69, 9.17) is 4.74 Å². The Morgan fingerprint density at radius 2 is 1.18 bits per heavy atom. The van der Waals surface area contributed by atoms with E-state index in [-0.39, 0.29) is 11.7 Å². The largest absolute Gasteiger partial charge is 0.370 e. The first-order valence-corrected chi connectivity index (χ1v) is 7.98. The molecule has 1 N–H and O–H groups in total. The van der Waals surface area contributed by atoms with Gasteiger partial charge in [-0.05, 0) is 47.5 Å². The van der Waals surface area contributed by atoms with Gasteiger partial charge in [0.2, 0.25) is 5.91 Å². The van der Waals surface area contributed by atoms with Crippen LogP contribution in [0.15, 0.2) is 0 Å². The van der Waals surface area contributed by atoms with Crippen molar-refractivity contribution in [1.82, 2.24) is 5.32 Å². The van der Waals surface area contributed by atoms with Crippen molar-refractivity contribution in [3.05, 3.63) is 0 Å². The van der Waals surface area contributed by atoms with Crippen LogP contribution in [0.25, 0.3) is 0 Å². The molecule has 4 nitrogen and oxygen atoms in total. The lowest BCUT2D eigenvalue weighted by molar-refractivity contribution is -0.161. The van der Waals surface area contributed by atoms with Gasteiger partial charge in [-0.2, -0.15) is 0 Å². The minimum atomic E-state index is -0.510. The first-order chi connectivity index (χ1) is 9.55. The van der Waals surface area contributed by atoms with E-state index < -0.39 is 22.0 Å². The number of hydrogen-bond donors (Lipinski definition) is 1. The summed E-state index contributed by atoms with van der Waals surface area (Å²) in [6.45, 7) is 17.4. The summed E-state index contributed by atoms with van der Waals surface area (Å²) in [5.41, 5.74) is -1.84. The van der Waals surface area contributed by atoms with Crippen LogP contribution < -0.4 is 5.32 Å². The van der Waals surface area contributed by atoms with E-state index in [0.717, 1.165) is 0 Å². The lowest BCUT2D eigenvalue weighted by Crippen LogP contribution is -2.46. The van der Waals surface area contributed by atoms with E-state index in [1.807, 2.05) is 55.4 Å². The molecule has 0 unspecified atom stereocenters. The van der Waals surface area contributed by atoms with Gasteiger partial charge in [0.05, 0.1) is 11.2 Å². The monoisotopic (exact) mass is 313 g/mol. The molecule has 4 heteroatoms. The van der Waals surface area contributed by atoms with Crippen LogP contribution in [0.3, 0.4) is 0 Å². The summed E-state index contributed by atoms with van der Waals surface area (Å²) in [5, 5.41) is 2.70. The van der Waals surface area contributed by atoms with Gasteiger partial charge in [-0.25, -0.2) is 0 Å². The molecule has 0 aromatic heterocycles. The number of nitrogens with one attached hydrogen (secondary N) is 1. The van der Waals surface area contributed by atoms with E-state index >= 15 is 0 Å². The van der Waals surface area contributed by atoms with Crippen LogP contribution in [0.4, 0.5) is 0 Å². The summed E-state index contributed by atoms with van der Waals surface area (Å²) in [5.74, 6) is 0.165. The van der Waals surface area contributed by atoms with Crippen LogP contribution >= 0.6 is 0 Å². The SMILES string of the molecule is CNC(=O)C(C)(C)CC(C)(C)OC(C)(C)CC(C)(C)C(C)=O.